The number of pyridine rings is 1. The number of halogens is 1. The summed E-state index contributed by atoms with van der Waals surface area (Å²) in [6.07, 6.45) is 3.04. The van der Waals surface area contributed by atoms with E-state index in [2.05, 4.69) is 10.4 Å². The first kappa shape index (κ1) is 16.4. The lowest BCUT2D eigenvalue weighted by molar-refractivity contribution is 0.0947. The van der Waals surface area contributed by atoms with Crippen LogP contribution in [0.25, 0.3) is 0 Å². The van der Waals surface area contributed by atoms with E-state index >= 15 is 0 Å². The van der Waals surface area contributed by atoms with Gasteiger partial charge in [-0.3, -0.25) is 0 Å². The molecule has 0 amide bonds. The highest BCUT2D eigenvalue weighted by molar-refractivity contribution is 7.89. The summed E-state index contributed by atoms with van der Waals surface area (Å²) in [5.74, 6) is 5.47. The average Bonchev–Trinajstić information content (AvgIpc) is 2.97. The van der Waals surface area contributed by atoms with Crippen LogP contribution in [0.1, 0.15) is 19.8 Å². The van der Waals surface area contributed by atoms with Crippen molar-refractivity contribution in [2.45, 2.75) is 30.8 Å². The van der Waals surface area contributed by atoms with Gasteiger partial charge in [-0.1, -0.05) is 18.5 Å². The molecule has 0 spiro atoms. The van der Waals surface area contributed by atoms with Crippen LogP contribution in [-0.4, -0.2) is 43.5 Å². The number of nitrogen functional groups attached to an aromatic ring is 1. The first-order valence-corrected chi connectivity index (χ1v) is 8.54. The minimum absolute atomic E-state index is 0.0475. The SMILES string of the molecule is CCN(CC1CCCO1)S(=O)(=O)c1cnc(NN)c(Cl)c1. The molecule has 1 saturated heterocycles. The second-order valence-corrected chi connectivity index (χ2v) is 7.08. The maximum atomic E-state index is 12.6. The monoisotopic (exact) mass is 334 g/mol. The van der Waals surface area contributed by atoms with Crippen LogP contribution in [0.5, 0.6) is 0 Å². The van der Waals surface area contributed by atoms with E-state index in [4.69, 9.17) is 22.2 Å². The Hall–Kier alpha value is -0.930. The Balaban J connectivity index is 2.23. The first-order valence-electron chi connectivity index (χ1n) is 6.73. The van der Waals surface area contributed by atoms with E-state index in [0.717, 1.165) is 12.8 Å². The lowest BCUT2D eigenvalue weighted by atomic mass is 10.2. The average molecular weight is 335 g/mol. The number of hydrazine groups is 1. The van der Waals surface area contributed by atoms with Crippen LogP contribution in [0.15, 0.2) is 17.2 Å². The fourth-order valence-corrected chi connectivity index (χ4v) is 3.97. The summed E-state index contributed by atoms with van der Waals surface area (Å²) in [6, 6.07) is 1.34. The number of hydrogen-bond acceptors (Lipinski definition) is 6. The zero-order valence-electron chi connectivity index (χ0n) is 11.8. The molecule has 9 heteroatoms. The van der Waals surface area contributed by atoms with Crippen LogP contribution in [0.2, 0.25) is 5.02 Å². The van der Waals surface area contributed by atoms with Gasteiger partial charge in [0, 0.05) is 25.9 Å². The summed E-state index contributed by atoms with van der Waals surface area (Å²) in [6.45, 7) is 3.17. The van der Waals surface area contributed by atoms with Gasteiger partial charge >= 0.3 is 0 Å². The van der Waals surface area contributed by atoms with E-state index < -0.39 is 10.0 Å². The Kier molecular flexibility index (Phi) is 5.39. The number of aromatic nitrogens is 1. The maximum Gasteiger partial charge on any atom is 0.244 e. The van der Waals surface area contributed by atoms with Crippen molar-refractivity contribution in [2.75, 3.05) is 25.1 Å². The number of likely N-dealkylation sites (N-methyl/N-ethyl adjacent to an activating group) is 1. The van der Waals surface area contributed by atoms with Crippen molar-refractivity contribution in [3.63, 3.8) is 0 Å². The molecule has 118 valence electrons. The summed E-state index contributed by atoms with van der Waals surface area (Å²) < 4.78 is 32.1. The third-order valence-electron chi connectivity index (χ3n) is 3.37. The normalized spacial score (nSPS) is 19.1. The molecule has 3 N–H and O–H groups in total. The van der Waals surface area contributed by atoms with E-state index in [1.54, 1.807) is 6.92 Å². The van der Waals surface area contributed by atoms with Crippen molar-refractivity contribution in [1.82, 2.24) is 9.29 Å². The van der Waals surface area contributed by atoms with E-state index in [1.807, 2.05) is 0 Å². The standard InChI is InChI=1S/C12H19ClN4O3S/c1-2-17(8-9-4-3-5-20-9)21(18,19)10-6-11(13)12(16-14)15-7-10/h6-7,9H,2-5,8,14H2,1H3,(H,15,16). The summed E-state index contributed by atoms with van der Waals surface area (Å²) in [5.41, 5.74) is 2.30. The third-order valence-corrected chi connectivity index (χ3v) is 5.57. The lowest BCUT2D eigenvalue weighted by Crippen LogP contribution is -2.37. The number of nitrogens with zero attached hydrogens (tertiary/aromatic N) is 2. The van der Waals surface area contributed by atoms with Crippen LogP contribution >= 0.6 is 11.6 Å². The molecule has 0 aromatic carbocycles. The molecule has 2 heterocycles. The zero-order chi connectivity index (χ0) is 15.5. The molecule has 0 radical (unpaired) electrons. The minimum atomic E-state index is -3.65. The van der Waals surface area contributed by atoms with Gasteiger partial charge in [0.2, 0.25) is 10.0 Å². The van der Waals surface area contributed by atoms with Gasteiger partial charge in [-0.05, 0) is 18.9 Å². The quantitative estimate of drug-likeness (QED) is 0.599. The molecule has 2 rings (SSSR count). The van der Waals surface area contributed by atoms with Crippen LogP contribution in [-0.2, 0) is 14.8 Å². The van der Waals surface area contributed by atoms with Gasteiger partial charge in [0.1, 0.15) is 4.90 Å². The molecule has 1 atom stereocenters. The number of ether oxygens (including phenoxy) is 1. The molecule has 0 bridgehead atoms. The fourth-order valence-electron chi connectivity index (χ4n) is 2.23. The van der Waals surface area contributed by atoms with Crippen LogP contribution < -0.4 is 11.3 Å². The molecule has 7 nitrogen and oxygen atoms in total. The minimum Gasteiger partial charge on any atom is -0.377 e. The van der Waals surface area contributed by atoms with Gasteiger partial charge in [0.25, 0.3) is 0 Å². The molecular formula is C12H19ClN4O3S. The molecular weight excluding hydrogens is 316 g/mol. The number of nitrogens with two attached hydrogens (primary N) is 1. The second kappa shape index (κ2) is 6.89. The smallest absolute Gasteiger partial charge is 0.244 e. The second-order valence-electron chi connectivity index (χ2n) is 4.74. The number of sulfonamides is 1. The lowest BCUT2D eigenvalue weighted by Gasteiger charge is -2.23. The van der Waals surface area contributed by atoms with Crippen LogP contribution in [0.3, 0.4) is 0 Å². The molecule has 1 unspecified atom stereocenters. The molecule has 21 heavy (non-hydrogen) atoms. The maximum absolute atomic E-state index is 12.6. The highest BCUT2D eigenvalue weighted by Gasteiger charge is 2.28. The van der Waals surface area contributed by atoms with Gasteiger partial charge in [0.15, 0.2) is 5.82 Å². The Morgan fingerprint density at radius 3 is 2.90 bits per heavy atom. The molecule has 0 saturated carbocycles. The van der Waals surface area contributed by atoms with Gasteiger partial charge < -0.3 is 10.2 Å². The highest BCUT2D eigenvalue weighted by Crippen LogP contribution is 2.25. The Morgan fingerprint density at radius 1 is 1.62 bits per heavy atom. The van der Waals surface area contributed by atoms with Gasteiger partial charge in [-0.2, -0.15) is 4.31 Å². The van der Waals surface area contributed by atoms with Crippen molar-refractivity contribution >= 4 is 27.4 Å². The zero-order valence-corrected chi connectivity index (χ0v) is 13.3. The van der Waals surface area contributed by atoms with E-state index in [0.29, 0.717) is 19.7 Å². The molecule has 0 aliphatic carbocycles. The number of rotatable bonds is 6. The first-order chi connectivity index (χ1) is 9.98. The van der Waals surface area contributed by atoms with E-state index in [9.17, 15) is 8.42 Å². The van der Waals surface area contributed by atoms with E-state index in [-0.39, 0.29) is 21.8 Å². The summed E-state index contributed by atoms with van der Waals surface area (Å²) in [4.78, 5) is 3.95. The van der Waals surface area contributed by atoms with Crippen molar-refractivity contribution in [3.05, 3.63) is 17.3 Å². The van der Waals surface area contributed by atoms with Crippen LogP contribution in [0.4, 0.5) is 5.82 Å². The van der Waals surface area contributed by atoms with Gasteiger partial charge in [-0.25, -0.2) is 19.2 Å². The molecule has 1 aromatic rings. The summed E-state index contributed by atoms with van der Waals surface area (Å²) in [5, 5.41) is 0.159. The van der Waals surface area contributed by atoms with Crippen molar-refractivity contribution in [1.29, 1.82) is 0 Å². The Morgan fingerprint density at radius 2 is 2.38 bits per heavy atom. The molecule has 1 fully saturated rings. The summed E-state index contributed by atoms with van der Waals surface area (Å²) in [7, 11) is -3.65. The fraction of sp³-hybridized carbons (Fsp3) is 0.583. The summed E-state index contributed by atoms with van der Waals surface area (Å²) >= 11 is 5.94. The molecule has 1 aliphatic rings. The van der Waals surface area contributed by atoms with E-state index in [1.165, 1.54) is 16.6 Å². The number of nitrogens with one attached hydrogen (secondary N) is 1. The van der Waals surface area contributed by atoms with Crippen molar-refractivity contribution < 1.29 is 13.2 Å². The Labute approximate surface area is 129 Å². The van der Waals surface area contributed by atoms with Crippen molar-refractivity contribution in [3.8, 4) is 0 Å². The van der Waals surface area contributed by atoms with Gasteiger partial charge in [0.05, 0.1) is 11.1 Å². The molecule has 1 aromatic heterocycles. The molecule has 1 aliphatic heterocycles. The largest absolute Gasteiger partial charge is 0.377 e. The predicted octanol–water partition coefficient (Wildman–Crippen LogP) is 1.21. The number of anilines is 1. The third kappa shape index (κ3) is 3.64. The van der Waals surface area contributed by atoms with Crippen LogP contribution in [0, 0.1) is 0 Å². The van der Waals surface area contributed by atoms with Crippen molar-refractivity contribution in [2.24, 2.45) is 5.84 Å². The topological polar surface area (TPSA) is 97.5 Å². The van der Waals surface area contributed by atoms with Gasteiger partial charge in [-0.15, -0.1) is 0 Å². The Bertz CT molecular complexity index is 590. The number of hydrogen-bond donors (Lipinski definition) is 2. The highest BCUT2D eigenvalue weighted by atomic mass is 35.5. The predicted molar refractivity (Wildman–Crippen MR) is 80.5 cm³/mol.